The van der Waals surface area contributed by atoms with E-state index in [2.05, 4.69) is 12.2 Å². The van der Waals surface area contributed by atoms with Gasteiger partial charge in [-0.05, 0) is 18.8 Å². The lowest BCUT2D eigenvalue weighted by molar-refractivity contribution is -0.122. The van der Waals surface area contributed by atoms with E-state index in [1.54, 1.807) is 0 Å². The van der Waals surface area contributed by atoms with Gasteiger partial charge in [0.1, 0.15) is 0 Å². The van der Waals surface area contributed by atoms with Crippen LogP contribution < -0.4 is 11.1 Å². The number of carbonyl (C=O) groups excluding carboxylic acids is 1. The fourth-order valence-corrected chi connectivity index (χ4v) is 2.56. The van der Waals surface area contributed by atoms with Crippen LogP contribution in [0.2, 0.25) is 0 Å². The lowest BCUT2D eigenvalue weighted by atomic mass is 9.87. The van der Waals surface area contributed by atoms with Gasteiger partial charge in [0.2, 0.25) is 5.91 Å². The quantitative estimate of drug-likeness (QED) is 0.718. The second-order valence-electron chi connectivity index (χ2n) is 5.33. The molecule has 3 nitrogen and oxygen atoms in total. The Morgan fingerprint density at radius 2 is 2.06 bits per heavy atom. The molecular weight excluding hydrogens is 212 g/mol. The van der Waals surface area contributed by atoms with Gasteiger partial charge in [0.25, 0.3) is 0 Å². The minimum Gasteiger partial charge on any atom is -0.355 e. The fraction of sp³-hybridized carbons (Fsp3) is 0.929. The lowest BCUT2D eigenvalue weighted by Gasteiger charge is -2.21. The minimum absolute atomic E-state index is 0.0364. The number of nitrogens with two attached hydrogens (primary N) is 1. The zero-order valence-electron chi connectivity index (χ0n) is 11.2. The molecule has 0 unspecified atom stereocenters. The molecule has 1 rings (SSSR count). The summed E-state index contributed by atoms with van der Waals surface area (Å²) in [6, 6.07) is -0.304. The van der Waals surface area contributed by atoms with Crippen molar-refractivity contribution in [2.45, 2.75) is 70.8 Å². The van der Waals surface area contributed by atoms with Crippen molar-refractivity contribution in [3.8, 4) is 0 Å². The predicted molar refractivity (Wildman–Crippen MR) is 71.7 cm³/mol. The number of rotatable bonds is 7. The Morgan fingerprint density at radius 3 is 2.71 bits per heavy atom. The van der Waals surface area contributed by atoms with E-state index in [-0.39, 0.29) is 11.9 Å². The van der Waals surface area contributed by atoms with Crippen LogP contribution in [0.4, 0.5) is 0 Å². The maximum Gasteiger partial charge on any atom is 0.236 e. The Kier molecular flexibility index (Phi) is 7.25. The molecular formula is C14H28N2O. The van der Waals surface area contributed by atoms with Crippen LogP contribution in [0.25, 0.3) is 0 Å². The van der Waals surface area contributed by atoms with Crippen molar-refractivity contribution in [3.63, 3.8) is 0 Å². The largest absolute Gasteiger partial charge is 0.355 e. The molecule has 100 valence electrons. The molecule has 1 fully saturated rings. The molecule has 0 aliphatic heterocycles. The van der Waals surface area contributed by atoms with Gasteiger partial charge in [0, 0.05) is 6.54 Å². The van der Waals surface area contributed by atoms with E-state index in [0.717, 1.165) is 38.1 Å². The van der Waals surface area contributed by atoms with E-state index in [9.17, 15) is 4.79 Å². The van der Waals surface area contributed by atoms with Gasteiger partial charge >= 0.3 is 0 Å². The Hall–Kier alpha value is -0.570. The molecule has 0 aromatic heterocycles. The number of amides is 1. The molecule has 1 aliphatic carbocycles. The van der Waals surface area contributed by atoms with Gasteiger partial charge in [-0.1, -0.05) is 51.9 Å². The molecule has 0 heterocycles. The first kappa shape index (κ1) is 14.5. The predicted octanol–water partition coefficient (Wildman–Crippen LogP) is 2.59. The van der Waals surface area contributed by atoms with Crippen LogP contribution in [0.15, 0.2) is 0 Å². The lowest BCUT2D eigenvalue weighted by Crippen LogP contribution is -2.41. The Bertz CT molecular complexity index is 212. The maximum absolute atomic E-state index is 11.7. The summed E-state index contributed by atoms with van der Waals surface area (Å²) >= 11 is 0. The molecule has 0 bridgehead atoms. The highest BCUT2D eigenvalue weighted by Crippen LogP contribution is 2.25. The Morgan fingerprint density at radius 1 is 1.35 bits per heavy atom. The van der Waals surface area contributed by atoms with E-state index in [0.29, 0.717) is 0 Å². The van der Waals surface area contributed by atoms with E-state index in [1.807, 2.05) is 0 Å². The van der Waals surface area contributed by atoms with Crippen molar-refractivity contribution in [2.75, 3.05) is 6.54 Å². The molecule has 0 spiro atoms. The number of carbonyl (C=O) groups is 1. The van der Waals surface area contributed by atoms with Crippen LogP contribution in [0.3, 0.4) is 0 Å². The summed E-state index contributed by atoms with van der Waals surface area (Å²) in [5.41, 5.74) is 5.81. The van der Waals surface area contributed by atoms with Gasteiger partial charge in [-0.2, -0.15) is 0 Å². The highest BCUT2D eigenvalue weighted by atomic mass is 16.2. The molecule has 3 heteroatoms. The Balaban J connectivity index is 2.06. The van der Waals surface area contributed by atoms with E-state index >= 15 is 0 Å². The van der Waals surface area contributed by atoms with Gasteiger partial charge in [-0.3, -0.25) is 4.79 Å². The summed E-state index contributed by atoms with van der Waals surface area (Å²) in [5, 5.41) is 2.97. The normalized spacial score (nSPS) is 18.9. The molecule has 0 aromatic rings. The zero-order valence-corrected chi connectivity index (χ0v) is 11.2. The molecule has 0 saturated heterocycles. The van der Waals surface area contributed by atoms with Crippen molar-refractivity contribution in [1.82, 2.24) is 5.32 Å². The van der Waals surface area contributed by atoms with Gasteiger partial charge < -0.3 is 11.1 Å². The molecule has 1 amide bonds. The van der Waals surface area contributed by atoms with Crippen LogP contribution in [0.1, 0.15) is 64.7 Å². The first-order valence-corrected chi connectivity index (χ1v) is 7.27. The van der Waals surface area contributed by atoms with Crippen LogP contribution in [-0.4, -0.2) is 18.5 Å². The molecule has 0 aromatic carbocycles. The molecule has 1 aliphatic rings. The molecule has 17 heavy (non-hydrogen) atoms. The number of hydrogen-bond acceptors (Lipinski definition) is 2. The third-order valence-electron chi connectivity index (χ3n) is 3.78. The summed E-state index contributed by atoms with van der Waals surface area (Å²) in [4.78, 5) is 11.7. The first-order valence-electron chi connectivity index (χ1n) is 7.27. The molecule has 1 saturated carbocycles. The van der Waals surface area contributed by atoms with Crippen molar-refractivity contribution >= 4 is 5.91 Å². The van der Waals surface area contributed by atoms with Crippen LogP contribution in [0, 0.1) is 5.92 Å². The number of nitrogens with one attached hydrogen (secondary N) is 1. The van der Waals surface area contributed by atoms with Gasteiger partial charge in [-0.15, -0.1) is 0 Å². The third kappa shape index (κ3) is 6.06. The maximum atomic E-state index is 11.7. The Labute approximate surface area is 106 Å². The number of hydrogen-bond donors (Lipinski definition) is 2. The SMILES string of the molecule is CCCC[C@H](N)C(=O)NCCC1CCCCC1. The topological polar surface area (TPSA) is 55.1 Å². The van der Waals surface area contributed by atoms with Crippen molar-refractivity contribution in [3.05, 3.63) is 0 Å². The van der Waals surface area contributed by atoms with Crippen molar-refractivity contribution in [2.24, 2.45) is 11.7 Å². The van der Waals surface area contributed by atoms with Gasteiger partial charge in [0.05, 0.1) is 6.04 Å². The molecule has 3 N–H and O–H groups in total. The highest BCUT2D eigenvalue weighted by Gasteiger charge is 2.15. The second-order valence-corrected chi connectivity index (χ2v) is 5.33. The van der Waals surface area contributed by atoms with Crippen LogP contribution in [-0.2, 0) is 4.79 Å². The van der Waals surface area contributed by atoms with Crippen molar-refractivity contribution in [1.29, 1.82) is 0 Å². The van der Waals surface area contributed by atoms with Crippen LogP contribution >= 0.6 is 0 Å². The zero-order chi connectivity index (χ0) is 12.5. The average molecular weight is 240 g/mol. The summed E-state index contributed by atoms with van der Waals surface area (Å²) in [5.74, 6) is 0.866. The molecule has 1 atom stereocenters. The smallest absolute Gasteiger partial charge is 0.236 e. The minimum atomic E-state index is -0.304. The monoisotopic (exact) mass is 240 g/mol. The van der Waals surface area contributed by atoms with Crippen LogP contribution in [0.5, 0.6) is 0 Å². The highest BCUT2D eigenvalue weighted by molar-refractivity contribution is 5.81. The fourth-order valence-electron chi connectivity index (χ4n) is 2.56. The standard InChI is InChI=1S/C14H28N2O/c1-2-3-9-13(15)14(17)16-11-10-12-7-5-4-6-8-12/h12-13H,2-11,15H2,1H3,(H,16,17)/t13-/m0/s1. The number of unbranched alkanes of at least 4 members (excludes halogenated alkanes) is 1. The van der Waals surface area contributed by atoms with E-state index < -0.39 is 0 Å². The van der Waals surface area contributed by atoms with Crippen molar-refractivity contribution < 1.29 is 4.79 Å². The summed E-state index contributed by atoms with van der Waals surface area (Å²) in [6.45, 7) is 2.93. The summed E-state index contributed by atoms with van der Waals surface area (Å²) in [7, 11) is 0. The summed E-state index contributed by atoms with van der Waals surface area (Å²) in [6.07, 6.45) is 10.9. The van der Waals surface area contributed by atoms with Gasteiger partial charge in [-0.25, -0.2) is 0 Å². The second kappa shape index (κ2) is 8.51. The average Bonchev–Trinajstić information content (AvgIpc) is 2.37. The summed E-state index contributed by atoms with van der Waals surface area (Å²) < 4.78 is 0. The van der Waals surface area contributed by atoms with E-state index in [1.165, 1.54) is 32.1 Å². The van der Waals surface area contributed by atoms with E-state index in [4.69, 9.17) is 5.73 Å². The first-order chi connectivity index (χ1) is 8.24. The van der Waals surface area contributed by atoms with Gasteiger partial charge in [0.15, 0.2) is 0 Å². The molecule has 0 radical (unpaired) electrons. The third-order valence-corrected chi connectivity index (χ3v) is 3.78.